The standard InChI is InChI=1S/C24H27N5O4/c1-15-3-4-19(12-25-15)23-20(16(2)33-28-23)14-32-22-11-18-5-8-29(13-21(18)26-27-22)24(30)17-6-9-31-10-7-17/h3-4,11-12,17H,5-10,13-14H2,1-2H3. The molecule has 0 radical (unpaired) electrons. The molecule has 0 aliphatic carbocycles. The Bertz CT molecular complexity index is 1140. The molecule has 0 saturated carbocycles. The molecule has 2 aliphatic rings. The predicted octanol–water partition coefficient (Wildman–Crippen LogP) is 3.03. The second kappa shape index (κ2) is 9.27. The van der Waals surface area contributed by atoms with E-state index in [2.05, 4.69) is 20.3 Å². The maximum atomic E-state index is 12.8. The van der Waals surface area contributed by atoms with Crippen LogP contribution in [0.4, 0.5) is 0 Å². The molecule has 0 unspecified atom stereocenters. The van der Waals surface area contributed by atoms with Gasteiger partial charge < -0.3 is 18.9 Å². The predicted molar refractivity (Wildman–Crippen MR) is 118 cm³/mol. The average Bonchev–Trinajstić information content (AvgIpc) is 3.23. The van der Waals surface area contributed by atoms with E-state index in [1.54, 1.807) is 6.20 Å². The number of ether oxygens (including phenoxy) is 2. The summed E-state index contributed by atoms with van der Waals surface area (Å²) in [6.45, 7) is 6.57. The molecule has 0 bridgehead atoms. The van der Waals surface area contributed by atoms with E-state index < -0.39 is 0 Å². The number of nitrogens with zero attached hydrogens (tertiary/aromatic N) is 5. The fourth-order valence-electron chi connectivity index (χ4n) is 4.30. The topological polar surface area (TPSA) is 103 Å². The van der Waals surface area contributed by atoms with Gasteiger partial charge in [0.15, 0.2) is 0 Å². The zero-order chi connectivity index (χ0) is 22.8. The van der Waals surface area contributed by atoms with E-state index in [9.17, 15) is 4.79 Å². The summed E-state index contributed by atoms with van der Waals surface area (Å²) in [6, 6.07) is 5.83. The number of rotatable bonds is 5. The average molecular weight is 450 g/mol. The maximum Gasteiger partial charge on any atom is 0.234 e. The molecule has 3 aromatic rings. The van der Waals surface area contributed by atoms with Crippen LogP contribution in [-0.4, -0.2) is 50.9 Å². The normalized spacial score (nSPS) is 16.5. The number of hydrogen-bond acceptors (Lipinski definition) is 8. The Morgan fingerprint density at radius 1 is 1.21 bits per heavy atom. The van der Waals surface area contributed by atoms with Crippen LogP contribution < -0.4 is 4.74 Å². The first-order chi connectivity index (χ1) is 16.1. The summed E-state index contributed by atoms with van der Waals surface area (Å²) >= 11 is 0. The second-order valence-electron chi connectivity index (χ2n) is 8.59. The van der Waals surface area contributed by atoms with Crippen LogP contribution in [0.2, 0.25) is 0 Å². The number of carbonyl (C=O) groups is 1. The van der Waals surface area contributed by atoms with Crippen molar-refractivity contribution in [2.45, 2.75) is 46.3 Å². The SMILES string of the molecule is Cc1ccc(-c2noc(C)c2COc2cc3c(nn2)CN(C(=O)C2CCOCC2)CC3)cn1. The van der Waals surface area contributed by atoms with Crippen molar-refractivity contribution in [1.82, 2.24) is 25.2 Å². The highest BCUT2D eigenvalue weighted by Gasteiger charge is 2.29. The first-order valence-electron chi connectivity index (χ1n) is 11.3. The molecule has 9 heteroatoms. The fourth-order valence-corrected chi connectivity index (χ4v) is 4.30. The molecule has 0 atom stereocenters. The number of pyridine rings is 1. The molecule has 2 aliphatic heterocycles. The third-order valence-electron chi connectivity index (χ3n) is 6.35. The second-order valence-corrected chi connectivity index (χ2v) is 8.59. The Morgan fingerprint density at radius 2 is 2.06 bits per heavy atom. The molecule has 0 N–H and O–H groups in total. The van der Waals surface area contributed by atoms with Gasteiger partial charge in [-0.15, -0.1) is 10.2 Å². The zero-order valence-corrected chi connectivity index (χ0v) is 18.9. The van der Waals surface area contributed by atoms with Crippen molar-refractivity contribution in [3.63, 3.8) is 0 Å². The third kappa shape index (κ3) is 4.59. The summed E-state index contributed by atoms with van der Waals surface area (Å²) in [6.07, 6.45) is 4.11. The lowest BCUT2D eigenvalue weighted by molar-refractivity contribution is -0.139. The minimum Gasteiger partial charge on any atom is -0.471 e. The molecule has 172 valence electrons. The number of fused-ring (bicyclic) bond motifs is 1. The van der Waals surface area contributed by atoms with Crippen LogP contribution >= 0.6 is 0 Å². The van der Waals surface area contributed by atoms with Gasteiger partial charge in [0.1, 0.15) is 18.1 Å². The Hall–Kier alpha value is -3.33. The van der Waals surface area contributed by atoms with Crippen molar-refractivity contribution in [3.05, 3.63) is 52.7 Å². The Kier molecular flexibility index (Phi) is 6.04. The van der Waals surface area contributed by atoms with Gasteiger partial charge in [-0.25, -0.2) is 0 Å². The van der Waals surface area contributed by atoms with Gasteiger partial charge in [0.05, 0.1) is 17.8 Å². The van der Waals surface area contributed by atoms with Crippen LogP contribution in [0.15, 0.2) is 28.9 Å². The molecule has 1 fully saturated rings. The molecule has 5 heterocycles. The fraction of sp³-hybridized carbons (Fsp3) is 0.458. The van der Waals surface area contributed by atoms with Gasteiger partial charge in [0, 0.05) is 49.2 Å². The number of aryl methyl sites for hydroxylation is 2. The Labute approximate surface area is 192 Å². The van der Waals surface area contributed by atoms with E-state index in [0.717, 1.165) is 47.3 Å². The lowest BCUT2D eigenvalue weighted by Crippen LogP contribution is -2.41. The molecule has 9 nitrogen and oxygen atoms in total. The third-order valence-corrected chi connectivity index (χ3v) is 6.35. The van der Waals surface area contributed by atoms with Gasteiger partial charge in [0.25, 0.3) is 0 Å². The largest absolute Gasteiger partial charge is 0.471 e. The molecule has 1 amide bonds. The van der Waals surface area contributed by atoms with Gasteiger partial charge in [-0.2, -0.15) is 0 Å². The minimum atomic E-state index is 0.0561. The number of amides is 1. The first kappa shape index (κ1) is 21.5. The molecule has 3 aromatic heterocycles. The van der Waals surface area contributed by atoms with E-state index in [0.29, 0.717) is 43.6 Å². The van der Waals surface area contributed by atoms with Gasteiger partial charge in [-0.1, -0.05) is 5.16 Å². The molecule has 5 rings (SSSR count). The first-order valence-corrected chi connectivity index (χ1v) is 11.3. The number of carbonyl (C=O) groups excluding carboxylic acids is 1. The van der Waals surface area contributed by atoms with Crippen LogP contribution in [0.5, 0.6) is 5.88 Å². The van der Waals surface area contributed by atoms with Gasteiger partial charge in [-0.3, -0.25) is 9.78 Å². The maximum absolute atomic E-state index is 12.8. The van der Waals surface area contributed by atoms with Crippen molar-refractivity contribution < 1.29 is 18.8 Å². The molecular formula is C24H27N5O4. The summed E-state index contributed by atoms with van der Waals surface area (Å²) in [5, 5.41) is 12.8. The van der Waals surface area contributed by atoms with Crippen molar-refractivity contribution in [1.29, 1.82) is 0 Å². The quantitative estimate of drug-likeness (QED) is 0.586. The highest BCUT2D eigenvalue weighted by molar-refractivity contribution is 5.79. The van der Waals surface area contributed by atoms with E-state index in [1.807, 2.05) is 36.9 Å². The highest BCUT2D eigenvalue weighted by Crippen LogP contribution is 2.27. The monoisotopic (exact) mass is 449 g/mol. The van der Waals surface area contributed by atoms with Crippen molar-refractivity contribution in [3.8, 4) is 17.1 Å². The summed E-state index contributed by atoms with van der Waals surface area (Å²) in [5.74, 6) is 1.40. The van der Waals surface area contributed by atoms with E-state index in [4.69, 9.17) is 14.0 Å². The van der Waals surface area contributed by atoms with Gasteiger partial charge in [0.2, 0.25) is 11.8 Å². The lowest BCUT2D eigenvalue weighted by atomic mass is 9.97. The van der Waals surface area contributed by atoms with Crippen molar-refractivity contribution in [2.24, 2.45) is 5.92 Å². The van der Waals surface area contributed by atoms with Crippen LogP contribution in [0, 0.1) is 19.8 Å². The summed E-state index contributed by atoms with van der Waals surface area (Å²) in [5.41, 5.74) is 5.29. The summed E-state index contributed by atoms with van der Waals surface area (Å²) in [7, 11) is 0. The lowest BCUT2D eigenvalue weighted by Gasteiger charge is -2.32. The summed E-state index contributed by atoms with van der Waals surface area (Å²) < 4.78 is 16.7. The zero-order valence-electron chi connectivity index (χ0n) is 18.9. The molecular weight excluding hydrogens is 422 g/mol. The highest BCUT2D eigenvalue weighted by atomic mass is 16.5. The van der Waals surface area contributed by atoms with E-state index in [-0.39, 0.29) is 18.4 Å². The van der Waals surface area contributed by atoms with E-state index in [1.165, 1.54) is 0 Å². The molecule has 1 saturated heterocycles. The molecule has 33 heavy (non-hydrogen) atoms. The molecule has 0 spiro atoms. The Morgan fingerprint density at radius 3 is 2.85 bits per heavy atom. The number of hydrogen-bond donors (Lipinski definition) is 0. The minimum absolute atomic E-state index is 0.0561. The van der Waals surface area contributed by atoms with Gasteiger partial charge in [-0.05, 0) is 50.8 Å². The van der Waals surface area contributed by atoms with E-state index >= 15 is 0 Å². The van der Waals surface area contributed by atoms with Crippen LogP contribution in [0.3, 0.4) is 0 Å². The smallest absolute Gasteiger partial charge is 0.234 e. The molecule has 0 aromatic carbocycles. The Balaban J connectivity index is 1.26. The van der Waals surface area contributed by atoms with Crippen LogP contribution in [0.1, 0.15) is 41.1 Å². The van der Waals surface area contributed by atoms with Crippen LogP contribution in [-0.2, 0) is 29.1 Å². The number of aromatic nitrogens is 4. The van der Waals surface area contributed by atoms with Gasteiger partial charge >= 0.3 is 0 Å². The van der Waals surface area contributed by atoms with Crippen LogP contribution in [0.25, 0.3) is 11.3 Å². The summed E-state index contributed by atoms with van der Waals surface area (Å²) in [4.78, 5) is 19.1. The van der Waals surface area contributed by atoms with Crippen molar-refractivity contribution >= 4 is 5.91 Å². The van der Waals surface area contributed by atoms with Crippen molar-refractivity contribution in [2.75, 3.05) is 19.8 Å².